The lowest BCUT2D eigenvalue weighted by Gasteiger charge is -2.37. The highest BCUT2D eigenvalue weighted by molar-refractivity contribution is 6.01. The number of carbonyl (C=O) groups is 2. The zero-order chi connectivity index (χ0) is 20.6. The van der Waals surface area contributed by atoms with E-state index in [4.69, 9.17) is 14.2 Å². The number of carboxylic acids is 1. The molecule has 0 bridgehead atoms. The van der Waals surface area contributed by atoms with E-state index in [1.54, 1.807) is 13.2 Å². The van der Waals surface area contributed by atoms with E-state index >= 15 is 0 Å². The van der Waals surface area contributed by atoms with Crippen molar-refractivity contribution in [1.82, 2.24) is 0 Å². The number of hydrogen-bond donors (Lipinski definition) is 1. The molecule has 0 radical (unpaired) electrons. The van der Waals surface area contributed by atoms with Gasteiger partial charge < -0.3 is 19.3 Å². The number of rotatable bonds is 7. The molecule has 0 amide bonds. The van der Waals surface area contributed by atoms with Gasteiger partial charge in [0.25, 0.3) is 0 Å². The lowest BCUT2D eigenvalue weighted by Crippen LogP contribution is -2.43. The molecule has 1 fully saturated rings. The van der Waals surface area contributed by atoms with Crippen molar-refractivity contribution in [2.24, 2.45) is 5.41 Å². The lowest BCUT2D eigenvalue weighted by atomic mass is 9.69. The van der Waals surface area contributed by atoms with Crippen molar-refractivity contribution in [2.75, 3.05) is 20.8 Å². The average Bonchev–Trinajstić information content (AvgIpc) is 3.06. The topological polar surface area (TPSA) is 82.1 Å². The standard InChI is InChI=1S/C23H24O6/c1-27-19-9-7-17(15-4-6-16-14(12-15)5-8-18(16)24)20(21(19)28-2)29-13-23(22(25)26)10-3-11-23/h4,6-7,9,12H,3,5,8,10-11,13H2,1-2H3,(H,25,26). The predicted octanol–water partition coefficient (Wildman–Crippen LogP) is 4.13. The Morgan fingerprint density at radius 1 is 1.03 bits per heavy atom. The summed E-state index contributed by atoms with van der Waals surface area (Å²) >= 11 is 0. The van der Waals surface area contributed by atoms with Crippen molar-refractivity contribution >= 4 is 11.8 Å². The molecule has 0 saturated heterocycles. The number of benzene rings is 2. The average molecular weight is 396 g/mol. The van der Waals surface area contributed by atoms with Gasteiger partial charge in [-0.25, -0.2) is 0 Å². The molecule has 2 aromatic rings. The van der Waals surface area contributed by atoms with Crippen molar-refractivity contribution in [2.45, 2.75) is 32.1 Å². The molecule has 6 heteroatoms. The molecule has 2 aliphatic carbocycles. The summed E-state index contributed by atoms with van der Waals surface area (Å²) in [5.74, 6) is 0.748. The summed E-state index contributed by atoms with van der Waals surface area (Å²) in [6.45, 7) is 0.0717. The van der Waals surface area contributed by atoms with Crippen LogP contribution in [0, 0.1) is 5.41 Å². The van der Waals surface area contributed by atoms with Crippen molar-refractivity contribution in [1.29, 1.82) is 0 Å². The molecule has 0 aromatic heterocycles. The second-order valence-electron chi connectivity index (χ2n) is 7.70. The van der Waals surface area contributed by atoms with Crippen molar-refractivity contribution in [3.8, 4) is 28.4 Å². The molecular weight excluding hydrogens is 372 g/mol. The molecule has 2 aromatic carbocycles. The second-order valence-corrected chi connectivity index (χ2v) is 7.70. The number of Topliss-reactive ketones (excluding diaryl/α,β-unsaturated/α-hetero) is 1. The fourth-order valence-electron chi connectivity index (χ4n) is 4.13. The molecule has 152 valence electrons. The zero-order valence-electron chi connectivity index (χ0n) is 16.6. The maximum absolute atomic E-state index is 12.0. The summed E-state index contributed by atoms with van der Waals surface area (Å²) in [6.07, 6.45) is 3.36. The van der Waals surface area contributed by atoms with Crippen LogP contribution in [0.1, 0.15) is 41.6 Å². The Bertz CT molecular complexity index is 974. The van der Waals surface area contributed by atoms with E-state index in [1.807, 2.05) is 24.3 Å². The minimum Gasteiger partial charge on any atom is -0.493 e. The number of hydrogen-bond acceptors (Lipinski definition) is 5. The summed E-state index contributed by atoms with van der Waals surface area (Å²) < 4.78 is 17.1. The van der Waals surface area contributed by atoms with Gasteiger partial charge in [0.15, 0.2) is 17.3 Å². The van der Waals surface area contributed by atoms with E-state index in [-0.39, 0.29) is 12.4 Å². The van der Waals surface area contributed by atoms with E-state index < -0.39 is 11.4 Å². The first-order valence-electron chi connectivity index (χ1n) is 9.77. The number of ketones is 1. The van der Waals surface area contributed by atoms with Crippen LogP contribution >= 0.6 is 0 Å². The van der Waals surface area contributed by atoms with Crippen molar-refractivity contribution in [3.63, 3.8) is 0 Å². The Kier molecular flexibility index (Phi) is 4.94. The van der Waals surface area contributed by atoms with Crippen molar-refractivity contribution < 1.29 is 28.9 Å². The summed E-state index contributed by atoms with van der Waals surface area (Å²) in [5.41, 5.74) is 2.62. The Hall–Kier alpha value is -3.02. The van der Waals surface area contributed by atoms with Crippen LogP contribution in [0.2, 0.25) is 0 Å². The largest absolute Gasteiger partial charge is 0.493 e. The molecule has 0 heterocycles. The van der Waals surface area contributed by atoms with Gasteiger partial charge in [-0.15, -0.1) is 0 Å². The highest BCUT2D eigenvalue weighted by atomic mass is 16.5. The van der Waals surface area contributed by atoms with Gasteiger partial charge in [0.05, 0.1) is 14.2 Å². The van der Waals surface area contributed by atoms with Gasteiger partial charge in [-0.2, -0.15) is 0 Å². The minimum atomic E-state index is -0.851. The Balaban J connectivity index is 1.76. The molecular formula is C23H24O6. The lowest BCUT2D eigenvalue weighted by molar-refractivity contribution is -0.157. The van der Waals surface area contributed by atoms with E-state index in [0.717, 1.165) is 35.1 Å². The number of carboxylic acid groups (broad SMARTS) is 1. The van der Waals surface area contributed by atoms with E-state index in [2.05, 4.69) is 0 Å². The fraction of sp³-hybridized carbons (Fsp3) is 0.391. The van der Waals surface area contributed by atoms with Gasteiger partial charge >= 0.3 is 5.97 Å². The summed E-state index contributed by atoms with van der Waals surface area (Å²) in [7, 11) is 3.08. The third-order valence-corrected chi connectivity index (χ3v) is 6.10. The van der Waals surface area contributed by atoms with Crippen LogP contribution in [0.25, 0.3) is 11.1 Å². The number of fused-ring (bicyclic) bond motifs is 1. The van der Waals surface area contributed by atoms with Crippen LogP contribution in [0.4, 0.5) is 0 Å². The van der Waals surface area contributed by atoms with Gasteiger partial charge in [-0.1, -0.05) is 24.6 Å². The SMILES string of the molecule is COc1ccc(-c2ccc3c(c2)CCC3=O)c(OCC2(C(=O)O)CCC2)c1OC. The number of carbonyl (C=O) groups excluding carboxylic acids is 1. The van der Waals surface area contributed by atoms with Crippen LogP contribution in [0.15, 0.2) is 30.3 Å². The molecule has 0 atom stereocenters. The first-order valence-corrected chi connectivity index (χ1v) is 9.77. The number of ether oxygens (including phenoxy) is 3. The van der Waals surface area contributed by atoms with Crippen LogP contribution < -0.4 is 14.2 Å². The van der Waals surface area contributed by atoms with Gasteiger partial charge in [-0.05, 0) is 42.5 Å². The normalized spacial score (nSPS) is 16.7. The monoisotopic (exact) mass is 396 g/mol. The maximum atomic E-state index is 12.0. The second kappa shape index (κ2) is 7.43. The molecule has 0 aliphatic heterocycles. The van der Waals surface area contributed by atoms with Crippen LogP contribution in [-0.4, -0.2) is 37.7 Å². The van der Waals surface area contributed by atoms with Gasteiger partial charge in [-0.3, -0.25) is 9.59 Å². The number of aliphatic carboxylic acids is 1. The van der Waals surface area contributed by atoms with E-state index in [9.17, 15) is 14.7 Å². The first kappa shape index (κ1) is 19.3. The highest BCUT2D eigenvalue weighted by Crippen LogP contribution is 2.47. The van der Waals surface area contributed by atoms with Crippen LogP contribution in [-0.2, 0) is 11.2 Å². The summed E-state index contributed by atoms with van der Waals surface area (Å²) in [6, 6.07) is 9.43. The minimum absolute atomic E-state index is 0.0717. The Morgan fingerprint density at radius 3 is 2.41 bits per heavy atom. The fourth-order valence-corrected chi connectivity index (χ4v) is 4.13. The molecule has 0 spiro atoms. The number of methoxy groups -OCH3 is 2. The molecule has 2 aliphatic rings. The summed E-state index contributed by atoms with van der Waals surface area (Å²) in [5, 5.41) is 9.64. The molecule has 0 unspecified atom stereocenters. The Morgan fingerprint density at radius 2 is 1.79 bits per heavy atom. The third-order valence-electron chi connectivity index (χ3n) is 6.10. The van der Waals surface area contributed by atoms with Gasteiger partial charge in [0.1, 0.15) is 12.0 Å². The predicted molar refractivity (Wildman–Crippen MR) is 107 cm³/mol. The number of aryl methyl sites for hydroxylation is 1. The zero-order valence-corrected chi connectivity index (χ0v) is 16.6. The van der Waals surface area contributed by atoms with E-state index in [0.29, 0.717) is 36.5 Å². The quantitative estimate of drug-likeness (QED) is 0.758. The van der Waals surface area contributed by atoms with Crippen LogP contribution in [0.3, 0.4) is 0 Å². The van der Waals surface area contributed by atoms with Gasteiger partial charge in [0.2, 0.25) is 5.75 Å². The summed E-state index contributed by atoms with van der Waals surface area (Å²) in [4.78, 5) is 23.7. The third kappa shape index (κ3) is 3.22. The first-order chi connectivity index (χ1) is 14.0. The van der Waals surface area contributed by atoms with Gasteiger partial charge in [0, 0.05) is 17.5 Å². The molecule has 1 N–H and O–H groups in total. The molecule has 29 heavy (non-hydrogen) atoms. The highest BCUT2D eigenvalue weighted by Gasteiger charge is 2.45. The molecule has 1 saturated carbocycles. The maximum Gasteiger partial charge on any atom is 0.313 e. The van der Waals surface area contributed by atoms with E-state index in [1.165, 1.54) is 7.11 Å². The smallest absolute Gasteiger partial charge is 0.313 e. The Labute approximate surface area is 169 Å². The molecule has 4 rings (SSSR count). The van der Waals surface area contributed by atoms with Crippen molar-refractivity contribution in [3.05, 3.63) is 41.5 Å². The van der Waals surface area contributed by atoms with Crippen LogP contribution in [0.5, 0.6) is 17.2 Å². The molecule has 6 nitrogen and oxygen atoms in total.